The Hall–Kier alpha value is -3.50. The van der Waals surface area contributed by atoms with Crippen LogP contribution in [0, 0.1) is 38.3 Å². The van der Waals surface area contributed by atoms with E-state index >= 15 is 8.78 Å². The van der Waals surface area contributed by atoms with Crippen molar-refractivity contribution in [2.24, 2.45) is 5.92 Å². The van der Waals surface area contributed by atoms with E-state index in [0.717, 1.165) is 16.7 Å². The lowest BCUT2D eigenvalue weighted by Crippen LogP contribution is -2.57. The zero-order valence-electron chi connectivity index (χ0n) is 28.9. The zero-order valence-corrected chi connectivity index (χ0v) is 28.9. The number of nitrogens with zero attached hydrogens (tertiary/aromatic N) is 3. The number of aryl methyl sites for hydroxylation is 3. The van der Waals surface area contributed by atoms with Gasteiger partial charge in [-0.15, -0.1) is 0 Å². The quantitative estimate of drug-likeness (QED) is 0.191. The van der Waals surface area contributed by atoms with Gasteiger partial charge in [0.05, 0.1) is 18.2 Å². The first-order valence-corrected chi connectivity index (χ1v) is 16.5. The van der Waals surface area contributed by atoms with Crippen molar-refractivity contribution in [3.8, 4) is 11.1 Å². The molecule has 0 aliphatic carbocycles. The van der Waals surface area contributed by atoms with Crippen molar-refractivity contribution in [1.29, 1.82) is 0 Å². The average Bonchev–Trinajstić information content (AvgIpc) is 2.95. The highest BCUT2D eigenvalue weighted by Gasteiger charge is 2.38. The number of carbonyl (C=O) groups is 1. The largest absolute Gasteiger partial charge is 0.481 e. The third-order valence-corrected chi connectivity index (χ3v) is 9.04. The van der Waals surface area contributed by atoms with Crippen LogP contribution in [0.15, 0.2) is 35.3 Å². The van der Waals surface area contributed by atoms with Gasteiger partial charge in [0.25, 0.3) is 0 Å². The molecular formula is C37H49F3N4O3. The number of rotatable bonds is 14. The number of halogens is 3. The van der Waals surface area contributed by atoms with Crippen molar-refractivity contribution >= 4 is 5.97 Å². The minimum atomic E-state index is -1.21. The molecule has 0 saturated carbocycles. The third-order valence-electron chi connectivity index (χ3n) is 9.04. The first kappa shape index (κ1) is 36.3. The molecule has 0 bridgehead atoms. The number of carboxylic acids is 1. The number of hydrogen-bond donors (Lipinski definition) is 2. The molecule has 256 valence electrons. The van der Waals surface area contributed by atoms with Crippen LogP contribution in [-0.2, 0) is 11.2 Å². The van der Waals surface area contributed by atoms with Gasteiger partial charge in [-0.3, -0.25) is 14.3 Å². The van der Waals surface area contributed by atoms with Crippen LogP contribution in [0.2, 0.25) is 0 Å². The van der Waals surface area contributed by atoms with Crippen LogP contribution in [0.1, 0.15) is 99.0 Å². The molecule has 2 aromatic carbocycles. The third kappa shape index (κ3) is 8.51. The molecule has 4 rings (SSSR count). The molecule has 0 amide bonds. The fourth-order valence-electron chi connectivity index (χ4n) is 6.89. The highest BCUT2D eigenvalue weighted by atomic mass is 19.1. The fraction of sp³-hybridized carbons (Fsp3) is 0.541. The molecule has 10 heteroatoms. The second-order valence-corrected chi connectivity index (χ2v) is 14.3. The van der Waals surface area contributed by atoms with E-state index in [-0.39, 0.29) is 35.1 Å². The summed E-state index contributed by atoms with van der Waals surface area (Å²) in [7, 11) is 0. The number of benzene rings is 2. The molecule has 1 saturated heterocycles. The molecule has 7 nitrogen and oxygen atoms in total. The number of aliphatic carboxylic acids is 1. The summed E-state index contributed by atoms with van der Waals surface area (Å²) in [4.78, 5) is 32.0. The molecule has 0 unspecified atom stereocenters. The summed E-state index contributed by atoms with van der Waals surface area (Å²) in [6.07, 6.45) is 2.37. The van der Waals surface area contributed by atoms with E-state index in [4.69, 9.17) is 0 Å². The van der Waals surface area contributed by atoms with Gasteiger partial charge in [0.1, 0.15) is 17.3 Å². The van der Waals surface area contributed by atoms with Crippen LogP contribution in [0.3, 0.4) is 0 Å². The summed E-state index contributed by atoms with van der Waals surface area (Å²) in [6.45, 7) is 16.2. The molecule has 2 heterocycles. The maximum atomic E-state index is 16.4. The smallest absolute Gasteiger partial charge is 0.348 e. The Morgan fingerprint density at radius 1 is 1.06 bits per heavy atom. The van der Waals surface area contributed by atoms with Crippen LogP contribution in [0.5, 0.6) is 0 Å². The van der Waals surface area contributed by atoms with Crippen LogP contribution >= 0.6 is 0 Å². The minimum absolute atomic E-state index is 0.00448. The Kier molecular flexibility index (Phi) is 11.4. The average molecular weight is 655 g/mol. The van der Waals surface area contributed by atoms with Gasteiger partial charge in [-0.25, -0.2) is 18.0 Å². The number of nitrogens with one attached hydrogen (secondary N) is 1. The van der Waals surface area contributed by atoms with Gasteiger partial charge in [-0.2, -0.15) is 4.98 Å². The molecule has 1 aliphatic rings. The Bertz CT molecular complexity index is 1640. The Morgan fingerprint density at radius 2 is 1.70 bits per heavy atom. The van der Waals surface area contributed by atoms with Crippen molar-refractivity contribution < 1.29 is 23.1 Å². The lowest BCUT2D eigenvalue weighted by atomic mass is 9.89. The molecule has 0 spiro atoms. The molecule has 47 heavy (non-hydrogen) atoms. The zero-order chi connectivity index (χ0) is 34.8. The lowest BCUT2D eigenvalue weighted by molar-refractivity contribution is -0.137. The molecule has 3 aromatic rings. The van der Waals surface area contributed by atoms with Gasteiger partial charge < -0.3 is 10.4 Å². The predicted octanol–water partition coefficient (Wildman–Crippen LogP) is 7.22. The summed E-state index contributed by atoms with van der Waals surface area (Å²) in [5, 5.41) is 13.0. The summed E-state index contributed by atoms with van der Waals surface area (Å²) >= 11 is 0. The van der Waals surface area contributed by atoms with E-state index in [0.29, 0.717) is 43.7 Å². The van der Waals surface area contributed by atoms with Crippen molar-refractivity contribution in [3.63, 3.8) is 0 Å². The van der Waals surface area contributed by atoms with Crippen LogP contribution < -0.4 is 11.0 Å². The van der Waals surface area contributed by atoms with Gasteiger partial charge in [0.2, 0.25) is 0 Å². The van der Waals surface area contributed by atoms with Crippen molar-refractivity contribution in [2.45, 2.75) is 98.3 Å². The van der Waals surface area contributed by atoms with Crippen LogP contribution in [0.4, 0.5) is 13.2 Å². The van der Waals surface area contributed by atoms with E-state index in [1.807, 2.05) is 70.8 Å². The number of likely N-dealkylation sites (tertiary alicyclic amines) is 1. The number of alkyl halides is 1. The molecule has 0 radical (unpaired) electrons. The fourth-order valence-corrected chi connectivity index (χ4v) is 6.89. The minimum Gasteiger partial charge on any atom is -0.481 e. The van der Waals surface area contributed by atoms with Crippen LogP contribution in [0.25, 0.3) is 11.1 Å². The summed E-state index contributed by atoms with van der Waals surface area (Å²) in [6, 6.07) is 5.38. The van der Waals surface area contributed by atoms with Crippen molar-refractivity contribution in [3.05, 3.63) is 86.1 Å². The molecule has 1 aliphatic heterocycles. The van der Waals surface area contributed by atoms with E-state index < -0.39 is 47.5 Å². The Balaban J connectivity index is 1.72. The van der Waals surface area contributed by atoms with E-state index in [9.17, 15) is 19.1 Å². The predicted molar refractivity (Wildman–Crippen MR) is 180 cm³/mol. The van der Waals surface area contributed by atoms with Crippen molar-refractivity contribution in [2.75, 3.05) is 26.2 Å². The molecule has 2 atom stereocenters. The summed E-state index contributed by atoms with van der Waals surface area (Å²) < 4.78 is 47.9. The van der Waals surface area contributed by atoms with Gasteiger partial charge in [-0.1, -0.05) is 45.9 Å². The van der Waals surface area contributed by atoms with Crippen LogP contribution in [-0.4, -0.2) is 57.4 Å². The second kappa shape index (κ2) is 14.7. The maximum Gasteiger partial charge on any atom is 0.348 e. The molecule has 1 fully saturated rings. The van der Waals surface area contributed by atoms with Gasteiger partial charge in [0.15, 0.2) is 0 Å². The Morgan fingerprint density at radius 3 is 2.26 bits per heavy atom. The summed E-state index contributed by atoms with van der Waals surface area (Å²) in [5.41, 5.74) is 2.33. The molecule has 2 N–H and O–H groups in total. The van der Waals surface area contributed by atoms with E-state index in [2.05, 4.69) is 10.3 Å². The number of aromatic nitrogens is 2. The normalized spacial score (nSPS) is 16.0. The van der Waals surface area contributed by atoms with Gasteiger partial charge in [0, 0.05) is 49.5 Å². The first-order chi connectivity index (χ1) is 22.0. The van der Waals surface area contributed by atoms with Gasteiger partial charge in [-0.05, 0) is 86.3 Å². The van der Waals surface area contributed by atoms with Crippen molar-refractivity contribution in [1.82, 2.24) is 19.8 Å². The maximum absolute atomic E-state index is 16.4. The SMILES string of the molecule is Cc1cc(-c2c(C)cccc2C)c(F)c([C@H](CC(=O)O)NC[C@H](CC(C)C)n2cc(CCN3CC(C)(F)C3)c(C(C)C)nc2=O)c1F. The highest BCUT2D eigenvalue weighted by molar-refractivity contribution is 5.74. The topological polar surface area (TPSA) is 87.5 Å². The standard InChI is InChI=1S/C37H49F3N4O3/c1-21(2)14-27(44-18-26(35(22(3)4)42-36(44)47)12-13-43-19-37(8,40)20-43)17-41-29(16-30(45)46)32-33(38)25(7)15-28(34(32)39)31-23(5)10-9-11-24(31)6/h9-11,15,18,21-22,27,29,41H,12-14,16-17,19-20H2,1-8H3,(H,45,46)/t27-,29-/m0/s1. The first-order valence-electron chi connectivity index (χ1n) is 16.5. The van der Waals surface area contributed by atoms with E-state index in [1.165, 1.54) is 6.07 Å². The lowest BCUT2D eigenvalue weighted by Gasteiger charge is -2.42. The number of carboxylic acid groups (broad SMARTS) is 1. The second-order valence-electron chi connectivity index (χ2n) is 14.3. The van der Waals surface area contributed by atoms with Gasteiger partial charge >= 0.3 is 11.7 Å². The summed E-state index contributed by atoms with van der Waals surface area (Å²) in [5.74, 6) is -2.67. The monoisotopic (exact) mass is 654 g/mol. The molecule has 1 aromatic heterocycles. The molecular weight excluding hydrogens is 605 g/mol. The highest BCUT2D eigenvalue weighted by Crippen LogP contribution is 2.37. The van der Waals surface area contributed by atoms with E-state index in [1.54, 1.807) is 18.4 Å². The Labute approximate surface area is 276 Å². The number of hydrogen-bond acceptors (Lipinski definition) is 5.